The summed E-state index contributed by atoms with van der Waals surface area (Å²) in [5.41, 5.74) is 8.84. The first-order valence-electron chi connectivity index (χ1n) is 6.44. The fourth-order valence-electron chi connectivity index (χ4n) is 2.45. The number of fused-ring (bicyclic) bond motifs is 1. The molecule has 0 unspecified atom stereocenters. The second kappa shape index (κ2) is 4.62. The number of hydrogen-bond donors (Lipinski definition) is 1. The zero-order valence-corrected chi connectivity index (χ0v) is 11.1. The third-order valence-electron chi connectivity index (χ3n) is 3.73. The molecule has 3 rings (SSSR count). The molecule has 1 saturated heterocycles. The van der Waals surface area contributed by atoms with Gasteiger partial charge in [-0.3, -0.25) is 4.90 Å². The lowest BCUT2D eigenvalue weighted by atomic mass is 10.0. The Hall–Kier alpha value is -1.83. The molecule has 0 aromatic carbocycles. The Bertz CT molecular complexity index is 632. The molecule has 0 radical (unpaired) electrons. The van der Waals surface area contributed by atoms with Crippen molar-refractivity contribution in [3.8, 4) is 0 Å². The smallest absolute Gasteiger partial charge is 0.250 e. The summed E-state index contributed by atoms with van der Waals surface area (Å²) in [6, 6.07) is 0. The number of halogens is 2. The van der Waals surface area contributed by atoms with E-state index in [1.807, 2.05) is 11.8 Å². The molecule has 108 valence electrons. The van der Waals surface area contributed by atoms with Crippen LogP contribution in [0.1, 0.15) is 24.1 Å². The number of pyridine rings is 1. The highest BCUT2D eigenvalue weighted by Gasteiger charge is 2.34. The van der Waals surface area contributed by atoms with Crippen molar-refractivity contribution in [3.05, 3.63) is 11.3 Å². The Morgan fingerprint density at radius 3 is 2.70 bits per heavy atom. The van der Waals surface area contributed by atoms with E-state index >= 15 is 0 Å². The van der Waals surface area contributed by atoms with Gasteiger partial charge in [-0.15, -0.1) is 0 Å². The van der Waals surface area contributed by atoms with E-state index in [-0.39, 0.29) is 12.8 Å². The molecule has 8 heteroatoms. The molecule has 2 aromatic heterocycles. The van der Waals surface area contributed by atoms with E-state index < -0.39 is 5.92 Å². The fraction of sp³-hybridized carbons (Fsp3) is 0.583. The predicted molar refractivity (Wildman–Crippen MR) is 68.2 cm³/mol. The molecule has 3 heterocycles. The van der Waals surface area contributed by atoms with Gasteiger partial charge in [0.15, 0.2) is 5.52 Å². The Labute approximate surface area is 113 Å². The molecule has 0 saturated carbocycles. The normalized spacial score (nSPS) is 19.6. The number of likely N-dealkylation sites (tertiary alicyclic amines) is 1. The topological polar surface area (TPSA) is 81.1 Å². The van der Waals surface area contributed by atoms with Crippen LogP contribution in [0.25, 0.3) is 11.2 Å². The number of hydrogen-bond acceptors (Lipinski definition) is 6. The van der Waals surface area contributed by atoms with Crippen molar-refractivity contribution >= 4 is 16.9 Å². The van der Waals surface area contributed by atoms with Crippen LogP contribution in [0.3, 0.4) is 0 Å². The monoisotopic (exact) mass is 283 g/mol. The van der Waals surface area contributed by atoms with Crippen LogP contribution in [-0.2, 0) is 6.54 Å². The molecule has 1 aliphatic heterocycles. The van der Waals surface area contributed by atoms with Gasteiger partial charge in [0.05, 0.1) is 5.69 Å². The van der Waals surface area contributed by atoms with Crippen molar-refractivity contribution in [3.63, 3.8) is 0 Å². The maximum Gasteiger partial charge on any atom is 0.250 e. The van der Waals surface area contributed by atoms with Crippen LogP contribution in [-0.4, -0.2) is 39.2 Å². The minimum absolute atomic E-state index is 0.118. The Balaban J connectivity index is 1.84. The van der Waals surface area contributed by atoms with Crippen LogP contribution in [0.5, 0.6) is 0 Å². The summed E-state index contributed by atoms with van der Waals surface area (Å²) < 4.78 is 30.9. The highest BCUT2D eigenvalue weighted by atomic mass is 19.3. The van der Waals surface area contributed by atoms with E-state index in [2.05, 4.69) is 19.9 Å². The number of nitrogens with two attached hydrogens (primary N) is 1. The molecule has 2 aromatic rings. The van der Waals surface area contributed by atoms with Gasteiger partial charge in [0.2, 0.25) is 5.65 Å². The third kappa shape index (κ3) is 2.31. The third-order valence-corrected chi connectivity index (χ3v) is 3.73. The maximum atomic E-state index is 13.1. The summed E-state index contributed by atoms with van der Waals surface area (Å²) in [6.07, 6.45) is -0.236. The SMILES string of the molecule is Cc1nc2nonc2c(N)c1CN1CCC(F)(F)CC1. The lowest BCUT2D eigenvalue weighted by molar-refractivity contribution is -0.0566. The van der Waals surface area contributed by atoms with Crippen LogP contribution in [0.2, 0.25) is 0 Å². The van der Waals surface area contributed by atoms with E-state index in [1.165, 1.54) is 0 Å². The average molecular weight is 283 g/mol. The summed E-state index contributed by atoms with van der Waals surface area (Å²) in [7, 11) is 0. The van der Waals surface area contributed by atoms with Gasteiger partial charge < -0.3 is 5.73 Å². The average Bonchev–Trinajstić information content (AvgIpc) is 2.84. The van der Waals surface area contributed by atoms with E-state index in [4.69, 9.17) is 5.73 Å². The minimum atomic E-state index is -2.55. The first-order valence-corrected chi connectivity index (χ1v) is 6.44. The molecule has 1 fully saturated rings. The number of rotatable bonds is 2. The molecule has 0 aliphatic carbocycles. The van der Waals surface area contributed by atoms with Crippen LogP contribution in [0.4, 0.5) is 14.5 Å². The van der Waals surface area contributed by atoms with E-state index in [0.29, 0.717) is 36.5 Å². The van der Waals surface area contributed by atoms with Gasteiger partial charge in [0.1, 0.15) is 0 Å². The summed E-state index contributed by atoms with van der Waals surface area (Å²) in [6.45, 7) is 3.00. The fourth-order valence-corrected chi connectivity index (χ4v) is 2.45. The minimum Gasteiger partial charge on any atom is -0.396 e. The molecule has 6 nitrogen and oxygen atoms in total. The first kappa shape index (κ1) is 13.2. The van der Waals surface area contributed by atoms with Crippen molar-refractivity contribution in [2.75, 3.05) is 18.8 Å². The van der Waals surface area contributed by atoms with E-state index in [0.717, 1.165) is 11.3 Å². The van der Waals surface area contributed by atoms with Gasteiger partial charge in [0.25, 0.3) is 5.92 Å². The summed E-state index contributed by atoms with van der Waals surface area (Å²) in [4.78, 5) is 6.22. The van der Waals surface area contributed by atoms with E-state index in [9.17, 15) is 8.78 Å². The molecule has 0 atom stereocenters. The van der Waals surface area contributed by atoms with Gasteiger partial charge in [-0.05, 0) is 17.2 Å². The van der Waals surface area contributed by atoms with Gasteiger partial charge >= 0.3 is 0 Å². The van der Waals surface area contributed by atoms with Gasteiger partial charge in [-0.25, -0.2) is 18.4 Å². The van der Waals surface area contributed by atoms with Crippen LogP contribution >= 0.6 is 0 Å². The zero-order valence-electron chi connectivity index (χ0n) is 11.1. The molecule has 0 bridgehead atoms. The van der Waals surface area contributed by atoms with Crippen LogP contribution in [0, 0.1) is 6.92 Å². The Kier molecular flexibility index (Phi) is 3.04. The molecular weight excluding hydrogens is 268 g/mol. The largest absolute Gasteiger partial charge is 0.396 e. The number of aromatic nitrogens is 3. The van der Waals surface area contributed by atoms with Crippen molar-refractivity contribution in [1.82, 2.24) is 20.2 Å². The lowest BCUT2D eigenvalue weighted by Gasteiger charge is -2.32. The summed E-state index contributed by atoms with van der Waals surface area (Å²) in [5.74, 6) is -2.55. The number of alkyl halides is 2. The molecule has 20 heavy (non-hydrogen) atoms. The summed E-state index contributed by atoms with van der Waals surface area (Å²) >= 11 is 0. The number of anilines is 1. The molecule has 0 amide bonds. The standard InChI is InChI=1S/C12H15F2N5O/c1-7-8(6-19-4-2-12(13,14)3-5-19)9(15)10-11(16-7)18-20-17-10/h2-6,15H2,1H3. The quantitative estimate of drug-likeness (QED) is 0.904. The van der Waals surface area contributed by atoms with Crippen molar-refractivity contribution < 1.29 is 13.4 Å². The first-order chi connectivity index (χ1) is 9.46. The number of aryl methyl sites for hydroxylation is 1. The van der Waals surface area contributed by atoms with Crippen molar-refractivity contribution in [1.29, 1.82) is 0 Å². The predicted octanol–water partition coefficient (Wildman–Crippen LogP) is 1.74. The molecule has 2 N–H and O–H groups in total. The molecule has 0 spiro atoms. The van der Waals surface area contributed by atoms with Crippen molar-refractivity contribution in [2.45, 2.75) is 32.2 Å². The molecule has 1 aliphatic rings. The van der Waals surface area contributed by atoms with E-state index in [1.54, 1.807) is 0 Å². The van der Waals surface area contributed by atoms with Crippen LogP contribution in [0.15, 0.2) is 4.63 Å². The maximum absolute atomic E-state index is 13.1. The number of nitrogens with zero attached hydrogens (tertiary/aromatic N) is 4. The summed E-state index contributed by atoms with van der Waals surface area (Å²) in [5, 5.41) is 7.38. The van der Waals surface area contributed by atoms with Crippen molar-refractivity contribution in [2.24, 2.45) is 0 Å². The number of piperidine rings is 1. The second-order valence-electron chi connectivity index (χ2n) is 5.16. The lowest BCUT2D eigenvalue weighted by Crippen LogP contribution is -2.39. The highest BCUT2D eigenvalue weighted by molar-refractivity contribution is 5.85. The van der Waals surface area contributed by atoms with Gasteiger partial charge in [-0.2, -0.15) is 0 Å². The number of nitrogen functional groups attached to an aromatic ring is 1. The second-order valence-corrected chi connectivity index (χ2v) is 5.16. The Morgan fingerprint density at radius 2 is 2.00 bits per heavy atom. The zero-order chi connectivity index (χ0) is 14.3. The van der Waals surface area contributed by atoms with Gasteiger partial charge in [-0.1, -0.05) is 0 Å². The van der Waals surface area contributed by atoms with Gasteiger partial charge in [0, 0.05) is 43.7 Å². The molecular formula is C12H15F2N5O. The Morgan fingerprint density at radius 1 is 1.30 bits per heavy atom. The highest BCUT2D eigenvalue weighted by Crippen LogP contribution is 2.30. The van der Waals surface area contributed by atoms with Crippen LogP contribution < -0.4 is 5.73 Å².